The number of ether oxygens (including phenoxy) is 2. The molecule has 0 spiro atoms. The number of nitrogens with zero attached hydrogens (tertiary/aromatic N) is 1. The highest BCUT2D eigenvalue weighted by atomic mass is 16.5. The number of methoxy groups -OCH3 is 1. The van der Waals surface area contributed by atoms with E-state index in [1.54, 1.807) is 67.5 Å². The molecule has 2 amide bonds. The second kappa shape index (κ2) is 11.6. The summed E-state index contributed by atoms with van der Waals surface area (Å²) >= 11 is 0. The van der Waals surface area contributed by atoms with Gasteiger partial charge in [0.25, 0.3) is 0 Å². The number of carbonyl (C=O) groups is 3. The third-order valence-corrected chi connectivity index (χ3v) is 4.25. The first kappa shape index (κ1) is 22.9. The lowest BCUT2D eigenvalue weighted by Gasteiger charge is -2.20. The molecule has 2 aromatic carbocycles. The number of para-hydroxylation sites is 1. The highest BCUT2D eigenvalue weighted by molar-refractivity contribution is 6.02. The van der Waals surface area contributed by atoms with Gasteiger partial charge in [0.1, 0.15) is 5.75 Å². The van der Waals surface area contributed by atoms with Crippen LogP contribution in [0.4, 0.5) is 11.4 Å². The van der Waals surface area contributed by atoms with Crippen LogP contribution >= 0.6 is 0 Å². The SMILES string of the molecule is CCOC(=O)c1ccccc1NC(=O)CN(CC)CC(=O)Nc1ccc(OC)cc1. The second-order valence-electron chi connectivity index (χ2n) is 6.39. The number of carbonyl (C=O) groups excluding carboxylic acids is 3. The number of esters is 1. The molecule has 0 aromatic heterocycles. The monoisotopic (exact) mass is 413 g/mol. The summed E-state index contributed by atoms with van der Waals surface area (Å²) in [6.07, 6.45) is 0. The maximum Gasteiger partial charge on any atom is 0.340 e. The largest absolute Gasteiger partial charge is 0.497 e. The topological polar surface area (TPSA) is 97.0 Å². The lowest BCUT2D eigenvalue weighted by molar-refractivity contribution is -0.119. The van der Waals surface area contributed by atoms with E-state index in [4.69, 9.17) is 9.47 Å². The molecular formula is C22H27N3O5. The van der Waals surface area contributed by atoms with Crippen LogP contribution in [-0.2, 0) is 14.3 Å². The number of hydrogen-bond donors (Lipinski definition) is 2. The van der Waals surface area contributed by atoms with Crippen molar-refractivity contribution >= 4 is 29.2 Å². The van der Waals surface area contributed by atoms with E-state index in [0.717, 1.165) is 0 Å². The molecule has 2 N–H and O–H groups in total. The van der Waals surface area contributed by atoms with Crippen molar-refractivity contribution in [3.63, 3.8) is 0 Å². The minimum absolute atomic E-state index is 0.00366. The van der Waals surface area contributed by atoms with Gasteiger partial charge in [0, 0.05) is 5.69 Å². The van der Waals surface area contributed by atoms with E-state index >= 15 is 0 Å². The van der Waals surface area contributed by atoms with E-state index in [1.807, 2.05) is 6.92 Å². The lowest BCUT2D eigenvalue weighted by Crippen LogP contribution is -2.38. The fraction of sp³-hybridized carbons (Fsp3) is 0.318. The lowest BCUT2D eigenvalue weighted by atomic mass is 10.2. The minimum atomic E-state index is -0.500. The molecule has 0 atom stereocenters. The van der Waals surface area contributed by atoms with E-state index in [0.29, 0.717) is 23.7 Å². The van der Waals surface area contributed by atoms with Crippen LogP contribution in [0.2, 0.25) is 0 Å². The first-order valence-electron chi connectivity index (χ1n) is 9.69. The molecule has 0 saturated carbocycles. The summed E-state index contributed by atoms with van der Waals surface area (Å²) in [5.41, 5.74) is 1.30. The molecule has 0 aliphatic carbocycles. The smallest absolute Gasteiger partial charge is 0.340 e. The fourth-order valence-corrected chi connectivity index (χ4v) is 2.73. The van der Waals surface area contributed by atoms with Gasteiger partial charge >= 0.3 is 5.97 Å². The molecule has 0 unspecified atom stereocenters. The molecule has 160 valence electrons. The number of nitrogens with one attached hydrogen (secondary N) is 2. The maximum atomic E-state index is 12.5. The Hall–Kier alpha value is -3.39. The average Bonchev–Trinajstić information content (AvgIpc) is 2.74. The third-order valence-electron chi connectivity index (χ3n) is 4.25. The zero-order valence-corrected chi connectivity index (χ0v) is 17.4. The Kier molecular flexibility index (Phi) is 8.83. The highest BCUT2D eigenvalue weighted by Crippen LogP contribution is 2.17. The quantitative estimate of drug-likeness (QED) is 0.582. The summed E-state index contributed by atoms with van der Waals surface area (Å²) in [7, 11) is 1.57. The maximum absolute atomic E-state index is 12.5. The van der Waals surface area contributed by atoms with Crippen molar-refractivity contribution < 1.29 is 23.9 Å². The molecule has 0 aliphatic heterocycles. The number of amides is 2. The zero-order valence-electron chi connectivity index (χ0n) is 17.4. The molecule has 0 radical (unpaired) electrons. The molecule has 0 heterocycles. The van der Waals surface area contributed by atoms with Gasteiger partial charge in [-0.25, -0.2) is 4.79 Å². The molecule has 8 heteroatoms. The summed E-state index contributed by atoms with van der Waals surface area (Å²) in [5, 5.41) is 5.51. The predicted octanol–water partition coefficient (Wildman–Crippen LogP) is 2.77. The van der Waals surface area contributed by atoms with Crippen LogP contribution in [-0.4, -0.2) is 56.0 Å². The Balaban J connectivity index is 1.93. The highest BCUT2D eigenvalue weighted by Gasteiger charge is 2.17. The van der Waals surface area contributed by atoms with Crippen molar-refractivity contribution in [1.29, 1.82) is 0 Å². The van der Waals surface area contributed by atoms with Gasteiger partial charge in [-0.1, -0.05) is 19.1 Å². The summed E-state index contributed by atoms with van der Waals surface area (Å²) in [6, 6.07) is 13.6. The van der Waals surface area contributed by atoms with E-state index in [-0.39, 0.29) is 37.1 Å². The van der Waals surface area contributed by atoms with Crippen LogP contribution < -0.4 is 15.4 Å². The van der Waals surface area contributed by atoms with Gasteiger partial charge in [-0.2, -0.15) is 0 Å². The van der Waals surface area contributed by atoms with Crippen molar-refractivity contribution in [1.82, 2.24) is 4.90 Å². The van der Waals surface area contributed by atoms with E-state index in [9.17, 15) is 14.4 Å². The van der Waals surface area contributed by atoms with E-state index in [1.165, 1.54) is 0 Å². The van der Waals surface area contributed by atoms with Crippen molar-refractivity contribution in [2.45, 2.75) is 13.8 Å². The molecule has 2 aromatic rings. The van der Waals surface area contributed by atoms with Crippen molar-refractivity contribution in [3.05, 3.63) is 54.1 Å². The van der Waals surface area contributed by atoms with Crippen molar-refractivity contribution in [3.8, 4) is 5.75 Å². The summed E-state index contributed by atoms with van der Waals surface area (Å²) in [6.45, 7) is 4.38. The normalized spacial score (nSPS) is 10.4. The van der Waals surface area contributed by atoms with E-state index < -0.39 is 5.97 Å². The number of benzene rings is 2. The van der Waals surface area contributed by atoms with Gasteiger partial charge in [-0.05, 0) is 49.9 Å². The van der Waals surface area contributed by atoms with Gasteiger partial charge < -0.3 is 20.1 Å². The van der Waals surface area contributed by atoms with Crippen molar-refractivity contribution in [2.75, 3.05) is 44.0 Å². The zero-order chi connectivity index (χ0) is 21.9. The van der Waals surface area contributed by atoms with Crippen LogP contribution in [0.15, 0.2) is 48.5 Å². The van der Waals surface area contributed by atoms with Gasteiger partial charge in [0.15, 0.2) is 0 Å². The Morgan fingerprint density at radius 3 is 2.13 bits per heavy atom. The second-order valence-corrected chi connectivity index (χ2v) is 6.39. The Labute approximate surface area is 176 Å². The van der Waals surface area contributed by atoms with Crippen LogP contribution in [0.1, 0.15) is 24.2 Å². The molecule has 0 bridgehead atoms. The standard InChI is InChI=1S/C22H27N3O5/c1-4-25(14-20(26)23-16-10-12-17(29-3)13-11-16)15-21(27)24-19-9-7-6-8-18(19)22(28)30-5-2/h6-13H,4-5,14-15H2,1-3H3,(H,23,26)(H,24,27). The molecule has 8 nitrogen and oxygen atoms in total. The molecular weight excluding hydrogens is 386 g/mol. The summed E-state index contributed by atoms with van der Waals surface area (Å²) < 4.78 is 10.1. The minimum Gasteiger partial charge on any atom is -0.497 e. The Morgan fingerprint density at radius 1 is 0.900 bits per heavy atom. The molecule has 0 fully saturated rings. The van der Waals surface area contributed by atoms with Crippen LogP contribution in [0, 0.1) is 0 Å². The van der Waals surface area contributed by atoms with Gasteiger partial charge in [-0.15, -0.1) is 0 Å². The van der Waals surface area contributed by atoms with Crippen LogP contribution in [0.25, 0.3) is 0 Å². The molecule has 0 aliphatic rings. The van der Waals surface area contributed by atoms with Gasteiger partial charge in [0.05, 0.1) is 38.1 Å². The molecule has 30 heavy (non-hydrogen) atoms. The van der Waals surface area contributed by atoms with Crippen molar-refractivity contribution in [2.24, 2.45) is 0 Å². The molecule has 0 saturated heterocycles. The van der Waals surface area contributed by atoms with Gasteiger partial charge in [-0.3, -0.25) is 14.5 Å². The Bertz CT molecular complexity index is 867. The van der Waals surface area contributed by atoms with Gasteiger partial charge in [0.2, 0.25) is 11.8 Å². The average molecular weight is 413 g/mol. The van der Waals surface area contributed by atoms with E-state index in [2.05, 4.69) is 10.6 Å². The number of hydrogen-bond acceptors (Lipinski definition) is 6. The fourth-order valence-electron chi connectivity index (χ4n) is 2.73. The summed E-state index contributed by atoms with van der Waals surface area (Å²) in [5.74, 6) is -0.366. The number of anilines is 2. The molecule has 2 rings (SSSR count). The third kappa shape index (κ3) is 6.89. The Morgan fingerprint density at radius 2 is 1.53 bits per heavy atom. The number of rotatable bonds is 10. The van der Waals surface area contributed by atoms with Crippen LogP contribution in [0.3, 0.4) is 0 Å². The predicted molar refractivity (Wildman–Crippen MR) is 115 cm³/mol. The van der Waals surface area contributed by atoms with Crippen LogP contribution in [0.5, 0.6) is 5.75 Å². The first-order valence-corrected chi connectivity index (χ1v) is 9.69. The number of likely N-dealkylation sites (N-methyl/N-ethyl adjacent to an activating group) is 1. The summed E-state index contributed by atoms with van der Waals surface area (Å²) in [4.78, 5) is 38.5. The first-order chi connectivity index (χ1) is 14.5.